The van der Waals surface area contributed by atoms with Crippen LogP contribution >= 0.6 is 11.6 Å². The van der Waals surface area contributed by atoms with Crippen molar-refractivity contribution in [3.8, 4) is 0 Å². The monoisotopic (exact) mass is 239 g/mol. The van der Waals surface area contributed by atoms with Crippen LogP contribution in [0.1, 0.15) is 11.1 Å². The molecule has 86 valence electrons. The Bertz CT molecular complexity index is 433. The first-order valence-electron chi connectivity index (χ1n) is 5.16. The molecule has 0 saturated carbocycles. The van der Waals surface area contributed by atoms with Crippen LogP contribution < -0.4 is 5.32 Å². The number of carbonyl (C=O) groups is 1. The summed E-state index contributed by atoms with van der Waals surface area (Å²) >= 11 is 6.12. The second-order valence-corrected chi connectivity index (χ2v) is 4.46. The Kier molecular flexibility index (Phi) is 2.91. The van der Waals surface area contributed by atoms with Gasteiger partial charge in [-0.1, -0.05) is 23.7 Å². The molecular formula is C12H14ClNO2. The number of methoxy groups -OCH3 is 1. The number of hydrogen-bond donors (Lipinski definition) is 1. The van der Waals surface area contributed by atoms with Crippen LogP contribution in [0.4, 0.5) is 0 Å². The maximum Gasteiger partial charge on any atom is 0.326 e. The van der Waals surface area contributed by atoms with Gasteiger partial charge in [-0.2, -0.15) is 0 Å². The number of halogens is 1. The second kappa shape index (κ2) is 4.07. The smallest absolute Gasteiger partial charge is 0.326 e. The fourth-order valence-corrected chi connectivity index (χ4v) is 2.54. The van der Waals surface area contributed by atoms with E-state index in [9.17, 15) is 4.79 Å². The number of ether oxygens (including phenoxy) is 1. The molecule has 4 heteroatoms. The quantitative estimate of drug-likeness (QED) is 0.797. The van der Waals surface area contributed by atoms with Crippen molar-refractivity contribution >= 4 is 17.6 Å². The third-order valence-corrected chi connectivity index (χ3v) is 3.60. The highest BCUT2D eigenvalue weighted by atomic mass is 35.5. The zero-order valence-electron chi connectivity index (χ0n) is 9.34. The van der Waals surface area contributed by atoms with Crippen LogP contribution in [0.25, 0.3) is 0 Å². The largest absolute Gasteiger partial charge is 0.468 e. The Morgan fingerprint density at radius 3 is 2.81 bits per heavy atom. The van der Waals surface area contributed by atoms with E-state index in [1.807, 2.05) is 18.2 Å². The van der Waals surface area contributed by atoms with Crippen LogP contribution in [0.5, 0.6) is 0 Å². The lowest BCUT2D eigenvalue weighted by molar-refractivity contribution is -0.148. The van der Waals surface area contributed by atoms with Crippen LogP contribution in [-0.2, 0) is 22.4 Å². The molecule has 1 atom stereocenters. The molecule has 1 N–H and O–H groups in total. The van der Waals surface area contributed by atoms with Gasteiger partial charge in [-0.25, -0.2) is 0 Å². The van der Waals surface area contributed by atoms with Gasteiger partial charge in [0.2, 0.25) is 0 Å². The number of likely N-dealkylation sites (N-methyl/N-ethyl adjacent to an activating group) is 1. The molecule has 3 nitrogen and oxygen atoms in total. The van der Waals surface area contributed by atoms with Crippen molar-refractivity contribution in [1.29, 1.82) is 0 Å². The second-order valence-electron chi connectivity index (χ2n) is 4.05. The van der Waals surface area contributed by atoms with Crippen LogP contribution in [0, 0.1) is 0 Å². The summed E-state index contributed by atoms with van der Waals surface area (Å²) in [6.45, 7) is 0. The van der Waals surface area contributed by atoms with Crippen LogP contribution in [0.2, 0.25) is 5.02 Å². The molecule has 1 aromatic carbocycles. The van der Waals surface area contributed by atoms with Gasteiger partial charge in [0.15, 0.2) is 0 Å². The molecule has 0 aromatic heterocycles. The van der Waals surface area contributed by atoms with Crippen molar-refractivity contribution in [2.75, 3.05) is 14.2 Å². The predicted molar refractivity (Wildman–Crippen MR) is 62.7 cm³/mol. The fourth-order valence-electron chi connectivity index (χ4n) is 2.27. The summed E-state index contributed by atoms with van der Waals surface area (Å²) in [5.41, 5.74) is 1.51. The highest BCUT2D eigenvalue weighted by molar-refractivity contribution is 6.31. The Hall–Kier alpha value is -1.06. The van der Waals surface area contributed by atoms with Gasteiger partial charge < -0.3 is 10.1 Å². The van der Waals surface area contributed by atoms with Gasteiger partial charge in [-0.05, 0) is 24.2 Å². The van der Waals surface area contributed by atoms with Gasteiger partial charge in [-0.15, -0.1) is 0 Å². The lowest BCUT2D eigenvalue weighted by Crippen LogP contribution is -2.51. The van der Waals surface area contributed by atoms with Gasteiger partial charge in [-0.3, -0.25) is 4.79 Å². The highest BCUT2D eigenvalue weighted by Gasteiger charge is 2.44. The lowest BCUT2D eigenvalue weighted by atomic mass is 9.96. The molecule has 0 aliphatic heterocycles. The van der Waals surface area contributed by atoms with Gasteiger partial charge >= 0.3 is 5.97 Å². The Labute approximate surface area is 99.7 Å². The minimum atomic E-state index is -0.651. The third-order valence-electron chi connectivity index (χ3n) is 3.24. The summed E-state index contributed by atoms with van der Waals surface area (Å²) in [6.07, 6.45) is 1.22. The van der Waals surface area contributed by atoms with Crippen LogP contribution in [0.15, 0.2) is 18.2 Å². The Morgan fingerprint density at radius 1 is 1.50 bits per heavy atom. The molecule has 1 aliphatic rings. The van der Waals surface area contributed by atoms with Crippen molar-refractivity contribution in [3.63, 3.8) is 0 Å². The van der Waals surface area contributed by atoms with E-state index in [-0.39, 0.29) is 5.97 Å². The molecule has 2 rings (SSSR count). The summed E-state index contributed by atoms with van der Waals surface area (Å²) in [5, 5.41) is 3.79. The molecule has 0 bridgehead atoms. The summed E-state index contributed by atoms with van der Waals surface area (Å²) in [7, 11) is 3.18. The average Bonchev–Trinajstić information content (AvgIpc) is 2.69. The lowest BCUT2D eigenvalue weighted by Gasteiger charge is -2.24. The standard InChI is InChI=1S/C12H14ClNO2/c1-14-12(11(15)16-2)6-8-4-3-5-10(13)9(8)7-12/h3-5,14H,6-7H2,1-2H3. The zero-order valence-corrected chi connectivity index (χ0v) is 10.1. The average molecular weight is 240 g/mol. The topological polar surface area (TPSA) is 38.3 Å². The van der Waals surface area contributed by atoms with Crippen LogP contribution in [0.3, 0.4) is 0 Å². The maximum atomic E-state index is 11.8. The number of fused-ring (bicyclic) bond motifs is 1. The number of esters is 1. The van der Waals surface area contributed by atoms with E-state index >= 15 is 0 Å². The minimum absolute atomic E-state index is 0.234. The van der Waals surface area contributed by atoms with Crippen molar-refractivity contribution in [2.45, 2.75) is 18.4 Å². The summed E-state index contributed by atoms with van der Waals surface area (Å²) < 4.78 is 4.85. The molecule has 0 heterocycles. The van der Waals surface area contributed by atoms with E-state index in [0.717, 1.165) is 16.1 Å². The number of nitrogens with one attached hydrogen (secondary N) is 1. The first-order chi connectivity index (χ1) is 7.63. The van der Waals surface area contributed by atoms with E-state index < -0.39 is 5.54 Å². The summed E-state index contributed by atoms with van der Waals surface area (Å²) in [6, 6.07) is 5.76. The van der Waals surface area contributed by atoms with E-state index in [1.54, 1.807) is 7.05 Å². The highest BCUT2D eigenvalue weighted by Crippen LogP contribution is 2.35. The molecule has 1 aromatic rings. The van der Waals surface area contributed by atoms with E-state index in [0.29, 0.717) is 12.8 Å². The van der Waals surface area contributed by atoms with Crippen molar-refractivity contribution in [3.05, 3.63) is 34.3 Å². The molecular weight excluding hydrogens is 226 g/mol. The molecule has 1 unspecified atom stereocenters. The molecule has 0 spiro atoms. The third kappa shape index (κ3) is 1.60. The maximum absolute atomic E-state index is 11.8. The van der Waals surface area contributed by atoms with Crippen molar-refractivity contribution in [2.24, 2.45) is 0 Å². The molecule has 0 radical (unpaired) electrons. The Morgan fingerprint density at radius 2 is 2.25 bits per heavy atom. The molecule has 0 saturated heterocycles. The fraction of sp³-hybridized carbons (Fsp3) is 0.417. The van der Waals surface area contributed by atoms with Crippen molar-refractivity contribution < 1.29 is 9.53 Å². The van der Waals surface area contributed by atoms with Gasteiger partial charge in [0.25, 0.3) is 0 Å². The van der Waals surface area contributed by atoms with Crippen LogP contribution in [-0.4, -0.2) is 25.7 Å². The first kappa shape index (κ1) is 11.4. The zero-order chi connectivity index (χ0) is 11.8. The first-order valence-corrected chi connectivity index (χ1v) is 5.54. The van der Waals surface area contributed by atoms with Gasteiger partial charge in [0.05, 0.1) is 7.11 Å². The Balaban J connectivity index is 2.39. The van der Waals surface area contributed by atoms with Gasteiger partial charge in [0, 0.05) is 17.9 Å². The number of hydrogen-bond acceptors (Lipinski definition) is 3. The molecule has 1 aliphatic carbocycles. The predicted octanol–water partition coefficient (Wildman–Crippen LogP) is 1.57. The number of carbonyl (C=O) groups excluding carboxylic acids is 1. The van der Waals surface area contributed by atoms with Gasteiger partial charge in [0.1, 0.15) is 5.54 Å². The normalized spacial score (nSPS) is 22.9. The molecule has 0 amide bonds. The number of rotatable bonds is 2. The van der Waals surface area contributed by atoms with Crippen molar-refractivity contribution in [1.82, 2.24) is 5.32 Å². The molecule has 16 heavy (non-hydrogen) atoms. The van der Waals surface area contributed by atoms with E-state index in [4.69, 9.17) is 16.3 Å². The minimum Gasteiger partial charge on any atom is -0.468 e. The van der Waals surface area contributed by atoms with E-state index in [1.165, 1.54) is 7.11 Å². The SMILES string of the molecule is CNC1(C(=O)OC)Cc2cccc(Cl)c2C1. The number of benzene rings is 1. The summed E-state index contributed by atoms with van der Waals surface area (Å²) in [5.74, 6) is -0.234. The molecule has 0 fully saturated rings. The summed E-state index contributed by atoms with van der Waals surface area (Å²) in [4.78, 5) is 11.8. The van der Waals surface area contributed by atoms with E-state index in [2.05, 4.69) is 5.32 Å².